The molecule has 1 rings (SSSR count). The van der Waals surface area contributed by atoms with Gasteiger partial charge in [0, 0.05) is 5.02 Å². The summed E-state index contributed by atoms with van der Waals surface area (Å²) in [5.74, 6) is 4.74. The molecule has 1 aromatic carbocycles. The summed E-state index contributed by atoms with van der Waals surface area (Å²) < 4.78 is 0. The number of carbonyl (C=O) groups excluding carboxylic acids is 1. The smallest absolute Gasteiger partial charge is 0.357 e. The number of halogens is 1. The topological polar surface area (TPSA) is 64.3 Å². The van der Waals surface area contributed by atoms with Crippen molar-refractivity contribution in [3.63, 3.8) is 0 Å². The second kappa shape index (κ2) is 5.58. The number of nitrogens with two attached hydrogens (primary N) is 1. The van der Waals surface area contributed by atoms with Crippen LogP contribution in [-0.4, -0.2) is 6.09 Å². The molecule has 0 heterocycles. The molecule has 0 aliphatic carbocycles. The molecule has 0 saturated carbocycles. The molecule has 0 saturated heterocycles. The second-order valence-corrected chi connectivity index (χ2v) is 3.50. The van der Waals surface area contributed by atoms with E-state index in [1.54, 1.807) is 12.1 Å². The number of hydrogen-bond donors (Lipinski definition) is 2. The highest BCUT2D eigenvalue weighted by Gasteiger charge is 2.12. The molecule has 5 heteroatoms. The molecule has 4 nitrogen and oxygen atoms in total. The summed E-state index contributed by atoms with van der Waals surface area (Å²) in [5.41, 5.74) is 0.965. The Bertz CT molecular complexity index is 327. The van der Waals surface area contributed by atoms with E-state index in [1.807, 2.05) is 19.1 Å². The molecule has 0 fully saturated rings. The highest BCUT2D eigenvalue weighted by molar-refractivity contribution is 6.30. The molecule has 0 bridgehead atoms. The van der Waals surface area contributed by atoms with E-state index in [2.05, 4.69) is 10.2 Å². The van der Waals surface area contributed by atoms with Gasteiger partial charge in [-0.2, -0.15) is 5.90 Å². The molecule has 0 spiro atoms. The van der Waals surface area contributed by atoms with Crippen LogP contribution >= 0.6 is 11.6 Å². The van der Waals surface area contributed by atoms with Crippen LogP contribution in [-0.2, 0) is 4.84 Å². The van der Waals surface area contributed by atoms with Crippen LogP contribution in [0.15, 0.2) is 24.3 Å². The van der Waals surface area contributed by atoms with E-state index < -0.39 is 6.09 Å². The first-order valence-corrected chi connectivity index (χ1v) is 4.97. The van der Waals surface area contributed by atoms with Gasteiger partial charge in [-0.25, -0.2) is 4.79 Å². The molecule has 1 atom stereocenters. The molecule has 0 radical (unpaired) electrons. The van der Waals surface area contributed by atoms with Crippen molar-refractivity contribution in [3.05, 3.63) is 34.9 Å². The van der Waals surface area contributed by atoms with Gasteiger partial charge in [0.15, 0.2) is 0 Å². The fourth-order valence-corrected chi connectivity index (χ4v) is 1.42. The summed E-state index contributed by atoms with van der Waals surface area (Å²) in [4.78, 5) is 15.0. The Morgan fingerprint density at radius 2 is 2.13 bits per heavy atom. The van der Waals surface area contributed by atoms with Crippen molar-refractivity contribution in [1.29, 1.82) is 0 Å². The average molecular weight is 229 g/mol. The van der Waals surface area contributed by atoms with Gasteiger partial charge < -0.3 is 10.2 Å². The largest absolute Gasteiger partial charge is 0.426 e. The van der Waals surface area contributed by atoms with Crippen molar-refractivity contribution in [3.8, 4) is 0 Å². The van der Waals surface area contributed by atoms with E-state index >= 15 is 0 Å². The monoisotopic (exact) mass is 228 g/mol. The lowest BCUT2D eigenvalue weighted by molar-refractivity contribution is 0.143. The number of benzene rings is 1. The Balaban J connectivity index is 2.74. The van der Waals surface area contributed by atoms with Gasteiger partial charge in [0.25, 0.3) is 0 Å². The molecule has 0 aliphatic rings. The Kier molecular flexibility index (Phi) is 4.39. The van der Waals surface area contributed by atoms with Crippen LogP contribution in [0.2, 0.25) is 5.02 Å². The van der Waals surface area contributed by atoms with Crippen molar-refractivity contribution in [1.82, 2.24) is 5.32 Å². The maximum Gasteiger partial charge on any atom is 0.426 e. The molecule has 1 aromatic rings. The third-order valence-corrected chi connectivity index (χ3v) is 2.33. The second-order valence-electron chi connectivity index (χ2n) is 3.06. The first-order valence-electron chi connectivity index (χ1n) is 4.60. The molecule has 0 aromatic heterocycles. The molecule has 3 N–H and O–H groups in total. The summed E-state index contributed by atoms with van der Waals surface area (Å²) in [5, 5.41) is 3.28. The predicted molar refractivity (Wildman–Crippen MR) is 58.3 cm³/mol. The van der Waals surface area contributed by atoms with Gasteiger partial charge >= 0.3 is 6.09 Å². The van der Waals surface area contributed by atoms with Crippen molar-refractivity contribution in [2.75, 3.05) is 0 Å². The fourth-order valence-electron chi connectivity index (χ4n) is 1.29. The molecular weight excluding hydrogens is 216 g/mol. The minimum absolute atomic E-state index is 0.113. The summed E-state index contributed by atoms with van der Waals surface area (Å²) in [6.45, 7) is 1.95. The van der Waals surface area contributed by atoms with E-state index in [-0.39, 0.29) is 6.04 Å². The van der Waals surface area contributed by atoms with Gasteiger partial charge in [0.1, 0.15) is 0 Å². The highest BCUT2D eigenvalue weighted by Crippen LogP contribution is 2.18. The van der Waals surface area contributed by atoms with E-state index in [0.717, 1.165) is 12.0 Å². The van der Waals surface area contributed by atoms with E-state index in [4.69, 9.17) is 17.5 Å². The van der Waals surface area contributed by atoms with Crippen LogP contribution in [0.5, 0.6) is 0 Å². The molecule has 15 heavy (non-hydrogen) atoms. The normalized spacial score (nSPS) is 11.9. The lowest BCUT2D eigenvalue weighted by Gasteiger charge is -2.15. The van der Waals surface area contributed by atoms with Crippen molar-refractivity contribution in [2.45, 2.75) is 19.4 Å². The Morgan fingerprint density at radius 3 is 2.60 bits per heavy atom. The molecule has 1 unspecified atom stereocenters. The minimum Gasteiger partial charge on any atom is -0.357 e. The predicted octanol–water partition coefficient (Wildman–Crippen LogP) is 2.39. The third-order valence-electron chi connectivity index (χ3n) is 2.08. The van der Waals surface area contributed by atoms with Gasteiger partial charge in [-0.15, -0.1) is 0 Å². The first-order chi connectivity index (χ1) is 7.17. The fraction of sp³-hybridized carbons (Fsp3) is 0.300. The average Bonchev–Trinajstić information content (AvgIpc) is 2.27. The quantitative estimate of drug-likeness (QED) is 0.781. The van der Waals surface area contributed by atoms with Crippen LogP contribution in [0.1, 0.15) is 24.9 Å². The molecular formula is C10H13ClN2O2. The minimum atomic E-state index is -0.642. The highest BCUT2D eigenvalue weighted by atomic mass is 35.5. The number of amides is 1. The maximum absolute atomic E-state index is 10.9. The van der Waals surface area contributed by atoms with E-state index in [1.165, 1.54) is 0 Å². The van der Waals surface area contributed by atoms with Crippen LogP contribution in [0.4, 0.5) is 4.79 Å². The lowest BCUT2D eigenvalue weighted by Crippen LogP contribution is -2.30. The van der Waals surface area contributed by atoms with Crippen LogP contribution in [0, 0.1) is 0 Å². The summed E-state index contributed by atoms with van der Waals surface area (Å²) >= 11 is 5.76. The van der Waals surface area contributed by atoms with Gasteiger partial charge in [-0.3, -0.25) is 0 Å². The number of hydrogen-bond acceptors (Lipinski definition) is 3. The Morgan fingerprint density at radius 1 is 1.53 bits per heavy atom. The zero-order valence-corrected chi connectivity index (χ0v) is 9.12. The summed E-state index contributed by atoms with van der Waals surface area (Å²) in [6.07, 6.45) is 0.105. The Labute approximate surface area is 93.3 Å². The lowest BCUT2D eigenvalue weighted by atomic mass is 10.1. The van der Waals surface area contributed by atoms with Gasteiger partial charge in [0.05, 0.1) is 6.04 Å². The van der Waals surface area contributed by atoms with E-state index in [9.17, 15) is 4.79 Å². The van der Waals surface area contributed by atoms with Gasteiger partial charge in [-0.05, 0) is 24.1 Å². The SMILES string of the molecule is CCC(NC(=O)ON)c1ccc(Cl)cc1. The number of carbonyl (C=O) groups is 1. The molecule has 1 amide bonds. The zero-order valence-electron chi connectivity index (χ0n) is 8.37. The van der Waals surface area contributed by atoms with Gasteiger partial charge in [0.2, 0.25) is 0 Å². The molecule has 0 aliphatic heterocycles. The first kappa shape index (κ1) is 11.8. The van der Waals surface area contributed by atoms with E-state index in [0.29, 0.717) is 5.02 Å². The number of rotatable bonds is 3. The maximum atomic E-state index is 10.9. The van der Waals surface area contributed by atoms with Gasteiger partial charge in [-0.1, -0.05) is 30.7 Å². The third kappa shape index (κ3) is 3.42. The van der Waals surface area contributed by atoms with Crippen molar-refractivity contribution in [2.24, 2.45) is 5.90 Å². The van der Waals surface area contributed by atoms with Crippen molar-refractivity contribution < 1.29 is 9.63 Å². The standard InChI is InChI=1S/C10H13ClN2O2/c1-2-9(13-10(14)15-12)7-3-5-8(11)6-4-7/h3-6,9H,2,12H2,1H3,(H,13,14). The van der Waals surface area contributed by atoms with Crippen molar-refractivity contribution >= 4 is 17.7 Å². The Hall–Kier alpha value is -1.26. The van der Waals surface area contributed by atoms with Crippen LogP contribution < -0.4 is 11.2 Å². The van der Waals surface area contributed by atoms with Crippen LogP contribution in [0.25, 0.3) is 0 Å². The molecule has 82 valence electrons. The van der Waals surface area contributed by atoms with Crippen LogP contribution in [0.3, 0.4) is 0 Å². The zero-order chi connectivity index (χ0) is 11.3. The summed E-state index contributed by atoms with van der Waals surface area (Å²) in [6, 6.07) is 7.14. The number of nitrogens with one attached hydrogen (secondary N) is 1. The summed E-state index contributed by atoms with van der Waals surface area (Å²) in [7, 11) is 0.